The second-order valence-corrected chi connectivity index (χ2v) is 4.46. The molecule has 1 rings (SSSR count). The Morgan fingerprint density at radius 2 is 1.75 bits per heavy atom. The minimum Gasteiger partial charge on any atom is -0.106 e. The Balaban J connectivity index is 2.75. The maximum atomic E-state index is 3.23. The van der Waals surface area contributed by atoms with Crippen LogP contribution in [0.5, 0.6) is 0 Å². The summed E-state index contributed by atoms with van der Waals surface area (Å²) in [5, 5.41) is 0. The summed E-state index contributed by atoms with van der Waals surface area (Å²) in [6.45, 7) is 8.58. The molecule has 1 aromatic rings. The topological polar surface area (TPSA) is 0 Å². The van der Waals surface area contributed by atoms with E-state index < -0.39 is 0 Å². The lowest BCUT2D eigenvalue weighted by Gasteiger charge is -2.15. The van der Waals surface area contributed by atoms with Gasteiger partial charge in [-0.05, 0) is 30.4 Å². The number of hydrogen-bond donors (Lipinski definition) is 0. The fourth-order valence-corrected chi connectivity index (χ4v) is 1.92. The molecule has 2 atom stereocenters. The highest BCUT2D eigenvalue weighted by molar-refractivity contribution is 5.27. The fourth-order valence-electron chi connectivity index (χ4n) is 1.92. The van der Waals surface area contributed by atoms with Crippen molar-refractivity contribution in [2.24, 2.45) is 5.92 Å². The predicted octanol–water partition coefficient (Wildman–Crippen LogP) is 4.40. The molecule has 0 heteroatoms. The van der Waals surface area contributed by atoms with Crippen molar-refractivity contribution in [2.45, 2.75) is 46.5 Å². The van der Waals surface area contributed by atoms with Gasteiger partial charge in [-0.25, -0.2) is 0 Å². The summed E-state index contributed by atoms with van der Waals surface area (Å²) >= 11 is 0. The summed E-state index contributed by atoms with van der Waals surface area (Å²) in [7, 11) is 0. The van der Waals surface area contributed by atoms with Crippen molar-refractivity contribution >= 4 is 0 Å². The Labute approximate surface area is 100 Å². The number of benzene rings is 1. The number of hydrogen-bond acceptors (Lipinski definition) is 0. The van der Waals surface area contributed by atoms with E-state index in [1.165, 1.54) is 24.0 Å². The Kier molecular flexibility index (Phi) is 5.12. The summed E-state index contributed by atoms with van der Waals surface area (Å²) in [5.74, 6) is 7.18. The second kappa shape index (κ2) is 6.38. The van der Waals surface area contributed by atoms with Crippen LogP contribution in [0, 0.1) is 17.8 Å². The molecule has 0 nitrogen and oxygen atoms in total. The SMILES string of the molecule is CC#CC(C)C(C)c1ccc(CCC)cc1. The third kappa shape index (κ3) is 3.42. The highest BCUT2D eigenvalue weighted by atomic mass is 14.1. The van der Waals surface area contributed by atoms with E-state index in [1.54, 1.807) is 0 Å². The zero-order valence-electron chi connectivity index (χ0n) is 10.9. The van der Waals surface area contributed by atoms with Crippen molar-refractivity contribution in [2.75, 3.05) is 0 Å². The molecule has 0 N–H and O–H groups in total. The molecule has 0 aliphatic heterocycles. The van der Waals surface area contributed by atoms with Crippen LogP contribution in [0.3, 0.4) is 0 Å². The van der Waals surface area contributed by atoms with Crippen molar-refractivity contribution < 1.29 is 0 Å². The van der Waals surface area contributed by atoms with E-state index in [-0.39, 0.29) is 0 Å². The number of aryl methyl sites for hydroxylation is 1. The van der Waals surface area contributed by atoms with Crippen molar-refractivity contribution in [1.82, 2.24) is 0 Å². The Morgan fingerprint density at radius 3 is 2.25 bits per heavy atom. The molecule has 1 aromatic carbocycles. The van der Waals surface area contributed by atoms with Gasteiger partial charge in [0.25, 0.3) is 0 Å². The van der Waals surface area contributed by atoms with Crippen LogP contribution in [0.15, 0.2) is 24.3 Å². The molecule has 0 bridgehead atoms. The van der Waals surface area contributed by atoms with Crippen molar-refractivity contribution in [1.29, 1.82) is 0 Å². The van der Waals surface area contributed by atoms with Crippen LogP contribution in [0.4, 0.5) is 0 Å². The normalized spacial score (nSPS) is 13.8. The van der Waals surface area contributed by atoms with Gasteiger partial charge in [0.2, 0.25) is 0 Å². The molecular weight excluding hydrogens is 192 g/mol. The smallest absolute Gasteiger partial charge is 0.0240 e. The molecule has 0 saturated carbocycles. The molecule has 0 spiro atoms. The van der Waals surface area contributed by atoms with Gasteiger partial charge in [0, 0.05) is 5.92 Å². The standard InChI is InChI=1S/C16H22/c1-5-7-13(3)14(4)16-11-9-15(8-6-2)10-12-16/h9-14H,6,8H2,1-4H3. The lowest BCUT2D eigenvalue weighted by molar-refractivity contribution is 0.609. The molecule has 0 amide bonds. The summed E-state index contributed by atoms with van der Waals surface area (Å²) in [6.07, 6.45) is 2.39. The lowest BCUT2D eigenvalue weighted by Crippen LogP contribution is -2.04. The van der Waals surface area contributed by atoms with Crippen molar-refractivity contribution in [3.8, 4) is 11.8 Å². The first-order valence-corrected chi connectivity index (χ1v) is 6.20. The third-order valence-electron chi connectivity index (χ3n) is 3.17. The van der Waals surface area contributed by atoms with Gasteiger partial charge in [0.1, 0.15) is 0 Å². The minimum atomic E-state index is 0.432. The van der Waals surface area contributed by atoms with Crippen LogP contribution in [-0.2, 0) is 6.42 Å². The predicted molar refractivity (Wildman–Crippen MR) is 71.5 cm³/mol. The van der Waals surface area contributed by atoms with Gasteiger partial charge in [-0.1, -0.05) is 57.4 Å². The summed E-state index contributed by atoms with van der Waals surface area (Å²) in [5.41, 5.74) is 2.84. The average molecular weight is 214 g/mol. The van der Waals surface area contributed by atoms with E-state index in [1.807, 2.05) is 6.92 Å². The van der Waals surface area contributed by atoms with Gasteiger partial charge in [0.15, 0.2) is 0 Å². The number of rotatable bonds is 4. The van der Waals surface area contributed by atoms with Crippen LogP contribution in [-0.4, -0.2) is 0 Å². The van der Waals surface area contributed by atoms with E-state index in [4.69, 9.17) is 0 Å². The zero-order valence-corrected chi connectivity index (χ0v) is 10.9. The molecule has 0 radical (unpaired) electrons. The van der Waals surface area contributed by atoms with Crippen LogP contribution >= 0.6 is 0 Å². The molecule has 0 heterocycles. The first-order valence-electron chi connectivity index (χ1n) is 6.20. The summed E-state index contributed by atoms with van der Waals surface area (Å²) < 4.78 is 0. The molecule has 0 aliphatic rings. The van der Waals surface area contributed by atoms with Gasteiger partial charge < -0.3 is 0 Å². The molecule has 2 unspecified atom stereocenters. The molecule has 0 saturated heterocycles. The first-order chi connectivity index (χ1) is 7.69. The second-order valence-electron chi connectivity index (χ2n) is 4.46. The summed E-state index contributed by atoms with van der Waals surface area (Å²) in [4.78, 5) is 0. The van der Waals surface area contributed by atoms with Gasteiger partial charge in [-0.2, -0.15) is 0 Å². The fraction of sp³-hybridized carbons (Fsp3) is 0.500. The van der Waals surface area contributed by atoms with Crippen molar-refractivity contribution in [3.05, 3.63) is 35.4 Å². The first kappa shape index (κ1) is 12.8. The highest BCUT2D eigenvalue weighted by Crippen LogP contribution is 2.24. The van der Waals surface area contributed by atoms with E-state index in [9.17, 15) is 0 Å². The van der Waals surface area contributed by atoms with Crippen molar-refractivity contribution in [3.63, 3.8) is 0 Å². The van der Waals surface area contributed by atoms with Gasteiger partial charge in [0.05, 0.1) is 0 Å². The largest absolute Gasteiger partial charge is 0.106 e. The van der Waals surface area contributed by atoms with E-state index in [2.05, 4.69) is 56.9 Å². The quantitative estimate of drug-likeness (QED) is 0.652. The maximum absolute atomic E-state index is 3.23. The highest BCUT2D eigenvalue weighted by Gasteiger charge is 2.11. The average Bonchev–Trinajstić information content (AvgIpc) is 2.30. The third-order valence-corrected chi connectivity index (χ3v) is 3.17. The van der Waals surface area contributed by atoms with E-state index in [0.717, 1.165) is 0 Å². The van der Waals surface area contributed by atoms with E-state index in [0.29, 0.717) is 11.8 Å². The molecule has 0 fully saturated rings. The van der Waals surface area contributed by atoms with Crippen LogP contribution in [0.25, 0.3) is 0 Å². The van der Waals surface area contributed by atoms with Gasteiger partial charge in [-0.15, -0.1) is 5.92 Å². The van der Waals surface area contributed by atoms with Crippen LogP contribution in [0.2, 0.25) is 0 Å². The molecular formula is C16H22. The van der Waals surface area contributed by atoms with Crippen LogP contribution < -0.4 is 0 Å². The van der Waals surface area contributed by atoms with Gasteiger partial charge in [-0.3, -0.25) is 0 Å². The summed E-state index contributed by atoms with van der Waals surface area (Å²) in [6, 6.07) is 9.01. The van der Waals surface area contributed by atoms with Gasteiger partial charge >= 0.3 is 0 Å². The molecule has 86 valence electrons. The monoisotopic (exact) mass is 214 g/mol. The Morgan fingerprint density at radius 1 is 1.12 bits per heavy atom. The maximum Gasteiger partial charge on any atom is 0.0240 e. The zero-order chi connectivity index (χ0) is 12.0. The van der Waals surface area contributed by atoms with E-state index >= 15 is 0 Å². The lowest BCUT2D eigenvalue weighted by atomic mass is 9.88. The Hall–Kier alpha value is -1.22. The molecule has 16 heavy (non-hydrogen) atoms. The molecule has 0 aromatic heterocycles. The molecule has 0 aliphatic carbocycles. The van der Waals surface area contributed by atoms with Crippen LogP contribution in [0.1, 0.15) is 51.2 Å². The minimum absolute atomic E-state index is 0.432. The Bertz CT molecular complexity index is 361.